The number of nitrogens with zero attached hydrogens (tertiary/aromatic N) is 3. The van der Waals surface area contributed by atoms with Gasteiger partial charge in [-0.3, -0.25) is 0 Å². The maximum atomic E-state index is 8.20. The third kappa shape index (κ3) is 2.10. The highest BCUT2D eigenvalue weighted by Crippen LogP contribution is 2.22. The molecule has 5 heteroatoms. The molecule has 12 heavy (non-hydrogen) atoms. The Hall–Kier alpha value is -0.780. The molecular weight excluding hydrogens is 267 g/mol. The lowest BCUT2D eigenvalue weighted by Crippen LogP contribution is -1.95. The smallest absolute Gasteiger partial charge is 0.0509 e. The molecule has 0 aromatic heterocycles. The van der Waals surface area contributed by atoms with Gasteiger partial charge in [-0.2, -0.15) is 0 Å². The zero-order valence-electron chi connectivity index (χ0n) is 6.24. The van der Waals surface area contributed by atoms with Crippen LogP contribution in [0.5, 0.6) is 0 Å². The van der Waals surface area contributed by atoms with E-state index in [1.807, 2.05) is 12.1 Å². The highest BCUT2D eigenvalue weighted by molar-refractivity contribution is 14.1. The highest BCUT2D eigenvalue weighted by atomic mass is 127. The summed E-state index contributed by atoms with van der Waals surface area (Å²) in [7, 11) is 0. The fourth-order valence-electron chi connectivity index (χ4n) is 0.807. The molecule has 0 radical (unpaired) electrons. The summed E-state index contributed by atoms with van der Waals surface area (Å²) in [5.41, 5.74) is 15.3. The van der Waals surface area contributed by atoms with Gasteiger partial charge in [0.1, 0.15) is 0 Å². The molecule has 1 rings (SSSR count). The molecule has 0 aliphatic heterocycles. The molecule has 0 aliphatic rings. The Morgan fingerprint density at radius 2 is 2.33 bits per heavy atom. The molecule has 0 heterocycles. The van der Waals surface area contributed by atoms with Gasteiger partial charge in [0, 0.05) is 15.0 Å². The van der Waals surface area contributed by atoms with Gasteiger partial charge in [0.2, 0.25) is 0 Å². The molecule has 1 aromatic carbocycles. The van der Waals surface area contributed by atoms with Crippen LogP contribution >= 0.6 is 22.6 Å². The number of azide groups is 1. The maximum Gasteiger partial charge on any atom is 0.0509 e. The predicted octanol–water partition coefficient (Wildman–Crippen LogP) is 2.69. The van der Waals surface area contributed by atoms with Crippen LogP contribution < -0.4 is 5.73 Å². The highest BCUT2D eigenvalue weighted by Gasteiger charge is 1.97. The van der Waals surface area contributed by atoms with Crippen molar-refractivity contribution in [1.82, 2.24) is 0 Å². The Bertz CT molecular complexity index is 330. The van der Waals surface area contributed by atoms with E-state index in [9.17, 15) is 0 Å². The first-order chi connectivity index (χ1) is 5.77. The first-order valence-corrected chi connectivity index (χ1v) is 4.39. The van der Waals surface area contributed by atoms with Gasteiger partial charge in [-0.05, 0) is 39.8 Å². The van der Waals surface area contributed by atoms with Crippen molar-refractivity contribution in [3.05, 3.63) is 37.8 Å². The van der Waals surface area contributed by atoms with E-state index in [-0.39, 0.29) is 0 Å². The standard InChI is InChI=1S/C7H7IN4/c8-6-3-5(4-9)1-2-7(6)11-12-10/h1-3H,4,9H2. The average Bonchev–Trinajstić information content (AvgIpc) is 2.09. The van der Waals surface area contributed by atoms with E-state index >= 15 is 0 Å². The normalized spacial score (nSPS) is 9.17. The third-order valence-corrected chi connectivity index (χ3v) is 2.26. The lowest BCUT2D eigenvalue weighted by molar-refractivity contribution is 1.07. The van der Waals surface area contributed by atoms with Gasteiger partial charge in [0.05, 0.1) is 5.69 Å². The van der Waals surface area contributed by atoms with Crippen LogP contribution in [0.2, 0.25) is 0 Å². The zero-order valence-corrected chi connectivity index (χ0v) is 8.39. The van der Waals surface area contributed by atoms with Crippen LogP contribution in [0.4, 0.5) is 5.69 Å². The van der Waals surface area contributed by atoms with Gasteiger partial charge >= 0.3 is 0 Å². The summed E-state index contributed by atoms with van der Waals surface area (Å²) in [6, 6.07) is 5.53. The minimum absolute atomic E-state index is 0.506. The Kier molecular flexibility index (Phi) is 3.33. The van der Waals surface area contributed by atoms with Crippen molar-refractivity contribution < 1.29 is 0 Å². The molecule has 62 valence electrons. The van der Waals surface area contributed by atoms with Gasteiger partial charge in [-0.25, -0.2) is 0 Å². The molecule has 0 fully saturated rings. The Morgan fingerprint density at radius 1 is 1.58 bits per heavy atom. The molecule has 0 amide bonds. The number of rotatable bonds is 2. The van der Waals surface area contributed by atoms with Gasteiger partial charge in [0.15, 0.2) is 0 Å². The number of hydrogen-bond acceptors (Lipinski definition) is 2. The van der Waals surface area contributed by atoms with Crippen molar-refractivity contribution in [3.8, 4) is 0 Å². The van der Waals surface area contributed by atoms with Crippen LogP contribution in [0.15, 0.2) is 23.3 Å². The molecule has 0 saturated heterocycles. The first-order valence-electron chi connectivity index (χ1n) is 3.31. The van der Waals surface area contributed by atoms with Crippen molar-refractivity contribution in [3.63, 3.8) is 0 Å². The molecule has 0 spiro atoms. The largest absolute Gasteiger partial charge is 0.326 e. The number of benzene rings is 1. The lowest BCUT2D eigenvalue weighted by Gasteiger charge is -1.99. The van der Waals surface area contributed by atoms with Crippen molar-refractivity contribution in [1.29, 1.82) is 0 Å². The van der Waals surface area contributed by atoms with Crippen LogP contribution in [0.3, 0.4) is 0 Å². The minimum Gasteiger partial charge on any atom is -0.326 e. The van der Waals surface area contributed by atoms with Crippen LogP contribution in [0.25, 0.3) is 10.4 Å². The van der Waals surface area contributed by atoms with E-state index in [1.54, 1.807) is 6.07 Å². The molecule has 0 aliphatic carbocycles. The second-order valence-electron chi connectivity index (χ2n) is 2.18. The van der Waals surface area contributed by atoms with Crippen molar-refractivity contribution in [2.24, 2.45) is 10.8 Å². The molecule has 2 N–H and O–H groups in total. The third-order valence-electron chi connectivity index (χ3n) is 1.40. The molecule has 0 bridgehead atoms. The quantitative estimate of drug-likeness (QED) is 0.383. The second-order valence-corrected chi connectivity index (χ2v) is 3.34. The van der Waals surface area contributed by atoms with Crippen LogP contribution in [-0.4, -0.2) is 0 Å². The monoisotopic (exact) mass is 274 g/mol. The number of halogens is 1. The average molecular weight is 274 g/mol. The fraction of sp³-hybridized carbons (Fsp3) is 0.143. The van der Waals surface area contributed by atoms with Gasteiger partial charge < -0.3 is 5.73 Å². The summed E-state index contributed by atoms with van der Waals surface area (Å²) >= 11 is 2.11. The van der Waals surface area contributed by atoms with Gasteiger partial charge in [0.25, 0.3) is 0 Å². The van der Waals surface area contributed by atoms with Crippen LogP contribution in [-0.2, 0) is 6.54 Å². The molecule has 1 aromatic rings. The maximum absolute atomic E-state index is 8.20. The fourth-order valence-corrected chi connectivity index (χ4v) is 1.49. The van der Waals surface area contributed by atoms with E-state index < -0.39 is 0 Å². The molecule has 0 saturated carbocycles. The zero-order chi connectivity index (χ0) is 8.97. The van der Waals surface area contributed by atoms with Gasteiger partial charge in [-0.1, -0.05) is 17.2 Å². The summed E-state index contributed by atoms with van der Waals surface area (Å²) in [5.74, 6) is 0. The molecule has 0 unspecified atom stereocenters. The summed E-state index contributed by atoms with van der Waals surface area (Å²) in [4.78, 5) is 2.71. The van der Waals surface area contributed by atoms with E-state index in [0.717, 1.165) is 9.13 Å². The van der Waals surface area contributed by atoms with E-state index in [0.29, 0.717) is 12.2 Å². The predicted molar refractivity (Wildman–Crippen MR) is 55.9 cm³/mol. The van der Waals surface area contributed by atoms with Crippen molar-refractivity contribution in [2.75, 3.05) is 0 Å². The Labute approximate surface area is 83.5 Å². The summed E-state index contributed by atoms with van der Waals surface area (Å²) < 4.78 is 0.924. The Morgan fingerprint density at radius 3 is 2.83 bits per heavy atom. The van der Waals surface area contributed by atoms with Crippen LogP contribution in [0, 0.1) is 3.57 Å². The van der Waals surface area contributed by atoms with Crippen molar-refractivity contribution in [2.45, 2.75) is 6.54 Å². The van der Waals surface area contributed by atoms with Crippen molar-refractivity contribution >= 4 is 28.3 Å². The molecule has 0 atom stereocenters. The summed E-state index contributed by atoms with van der Waals surface area (Å²) in [6.45, 7) is 0.506. The topological polar surface area (TPSA) is 74.8 Å². The lowest BCUT2D eigenvalue weighted by atomic mass is 10.2. The minimum atomic E-state index is 0.506. The molecule has 4 nitrogen and oxygen atoms in total. The first kappa shape index (κ1) is 9.31. The Balaban J connectivity index is 3.11. The summed E-state index contributed by atoms with van der Waals surface area (Å²) in [5, 5.41) is 3.51. The van der Waals surface area contributed by atoms with E-state index in [1.165, 1.54) is 0 Å². The second kappa shape index (κ2) is 4.30. The van der Waals surface area contributed by atoms with Gasteiger partial charge in [-0.15, -0.1) is 0 Å². The summed E-state index contributed by atoms with van der Waals surface area (Å²) in [6.07, 6.45) is 0. The van der Waals surface area contributed by atoms with E-state index in [4.69, 9.17) is 11.3 Å². The number of nitrogens with two attached hydrogens (primary N) is 1. The SMILES string of the molecule is [N-]=[N+]=Nc1ccc(CN)cc1I. The van der Waals surface area contributed by atoms with Crippen LogP contribution in [0.1, 0.15) is 5.56 Å². The molecular formula is C7H7IN4. The number of hydrogen-bond donors (Lipinski definition) is 1. The van der Waals surface area contributed by atoms with E-state index in [2.05, 4.69) is 32.6 Å².